The van der Waals surface area contributed by atoms with Crippen molar-refractivity contribution in [3.8, 4) is 0 Å². The van der Waals surface area contributed by atoms with Gasteiger partial charge in [-0.3, -0.25) is 0 Å². The van der Waals surface area contributed by atoms with Crippen LogP contribution in [0.3, 0.4) is 0 Å². The maximum atomic E-state index is 11.7. The zero-order valence-corrected chi connectivity index (χ0v) is 21.4. The molecule has 140 valence electrons. The minimum Gasteiger partial charge on any atom is -0.478 e. The fourth-order valence-corrected chi connectivity index (χ4v) is 14.2. The Bertz CT molecular complexity index is 466. The van der Waals surface area contributed by atoms with Crippen LogP contribution in [0.5, 0.6) is 0 Å². The molecule has 0 radical (unpaired) electrons. The summed E-state index contributed by atoms with van der Waals surface area (Å²) in [6.45, 7) is 14.2. The molecule has 1 unspecified atom stereocenters. The highest BCUT2D eigenvalue weighted by molar-refractivity contribution is 6.62. The van der Waals surface area contributed by atoms with Crippen molar-refractivity contribution in [2.45, 2.75) is 59.9 Å². The van der Waals surface area contributed by atoms with Crippen LogP contribution in [0.25, 0.3) is 0 Å². The summed E-state index contributed by atoms with van der Waals surface area (Å²) >= 11 is 0. The molecule has 0 aromatic heterocycles. The average Bonchev–Trinajstić information content (AvgIpc) is 2.34. The van der Waals surface area contributed by atoms with Gasteiger partial charge in [-0.25, -0.2) is 4.79 Å². The number of carboxylic acids is 1. The molecule has 1 aliphatic rings. The number of allylic oxidation sites excluding steroid dienone is 1. The van der Waals surface area contributed by atoms with Crippen molar-refractivity contribution >= 4 is 45.3 Å². The molecule has 1 N–H and O–H groups in total. The summed E-state index contributed by atoms with van der Waals surface area (Å²) in [6, 6.07) is 0. The summed E-state index contributed by atoms with van der Waals surface area (Å²) in [6.07, 6.45) is 0.836. The van der Waals surface area contributed by atoms with Gasteiger partial charge in [-0.2, -0.15) is 0 Å². The van der Waals surface area contributed by atoms with Crippen LogP contribution in [0.1, 0.15) is 54.9 Å². The second-order valence-corrected chi connectivity index (χ2v) is 17.0. The average molecular weight is 409 g/mol. The third kappa shape index (κ3) is 6.33. The predicted octanol–water partition coefficient (Wildman–Crippen LogP) is 0.537. The molecular weight excluding hydrogens is 376 g/mol. The summed E-state index contributed by atoms with van der Waals surface area (Å²) in [4.78, 5) is 11.7. The molecule has 1 heterocycles. The molecule has 1 rings (SSSR count). The minimum absolute atomic E-state index is 0.103. The van der Waals surface area contributed by atoms with Crippen molar-refractivity contribution in [3.05, 3.63) is 11.1 Å². The maximum absolute atomic E-state index is 11.7. The van der Waals surface area contributed by atoms with E-state index in [0.717, 1.165) is 12.0 Å². The smallest absolute Gasteiger partial charge is 0.332 e. The summed E-state index contributed by atoms with van der Waals surface area (Å²) in [5.74, 6) is -0.679. The normalized spacial score (nSPS) is 26.0. The van der Waals surface area contributed by atoms with Gasteiger partial charge in [0.15, 0.2) is 0 Å². The van der Waals surface area contributed by atoms with E-state index in [-0.39, 0.29) is 16.4 Å². The van der Waals surface area contributed by atoms with Crippen LogP contribution < -0.4 is 0 Å². The van der Waals surface area contributed by atoms with Crippen molar-refractivity contribution in [2.24, 2.45) is 11.3 Å². The Hall–Kier alpha value is -0.0825. The first-order chi connectivity index (χ1) is 11.0. The molecule has 0 amide bonds. The number of carboxylic acid groups (broad SMARTS) is 1. The zero-order chi connectivity index (χ0) is 18.5. The molecule has 0 bridgehead atoms. The Morgan fingerprint density at radius 1 is 1.08 bits per heavy atom. The fraction of sp³-hybridized carbons (Fsp3) is 0.786. The highest BCUT2D eigenvalue weighted by atomic mass is 28.4. The van der Waals surface area contributed by atoms with Crippen LogP contribution in [-0.2, 0) is 21.3 Å². The van der Waals surface area contributed by atoms with E-state index in [0.29, 0.717) is 5.57 Å². The van der Waals surface area contributed by atoms with E-state index in [1.807, 2.05) is 27.7 Å². The van der Waals surface area contributed by atoms with Crippen molar-refractivity contribution in [1.82, 2.24) is 0 Å². The Morgan fingerprint density at radius 3 is 2.00 bits per heavy atom. The molecule has 0 saturated carbocycles. The Morgan fingerprint density at radius 2 is 1.58 bits per heavy atom. The predicted molar refractivity (Wildman–Crippen MR) is 105 cm³/mol. The highest BCUT2D eigenvalue weighted by Crippen LogP contribution is 2.41. The monoisotopic (exact) mass is 408 g/mol. The zero-order valence-electron chi connectivity index (χ0n) is 16.0. The van der Waals surface area contributed by atoms with Gasteiger partial charge >= 0.3 is 15.3 Å². The van der Waals surface area contributed by atoms with Crippen molar-refractivity contribution < 1.29 is 26.4 Å². The molecule has 6 nitrogen and oxygen atoms in total. The Labute approximate surface area is 154 Å². The lowest BCUT2D eigenvalue weighted by Crippen LogP contribution is -2.41. The van der Waals surface area contributed by atoms with E-state index in [2.05, 4.69) is 20.8 Å². The SMILES string of the molecule is CC(=C(C(=O)O)C(C)(C)C)C(C)CC(C)(C)[SiH]1O[SiH2]O[SiH2]O[SiH2]O1. The van der Waals surface area contributed by atoms with Gasteiger partial charge in [0.05, 0.1) is 0 Å². The van der Waals surface area contributed by atoms with Crippen molar-refractivity contribution in [1.29, 1.82) is 0 Å². The van der Waals surface area contributed by atoms with Gasteiger partial charge in [-0.05, 0) is 24.7 Å². The van der Waals surface area contributed by atoms with Crippen LogP contribution >= 0.6 is 0 Å². The van der Waals surface area contributed by atoms with Crippen LogP contribution in [0.4, 0.5) is 0 Å². The standard InChI is InChI=1S/C14H32O6Si4/c1-9(10(2)11(12(15)16)13(3,4)5)8-14(6,7)24-19-22-17-21-18-23-20-24/h9,24H,8,21-23H2,1-7H3,(H,15,16). The van der Waals surface area contributed by atoms with Gasteiger partial charge in [-0.1, -0.05) is 47.1 Å². The molecule has 10 heteroatoms. The van der Waals surface area contributed by atoms with Crippen LogP contribution in [0, 0.1) is 11.3 Å². The van der Waals surface area contributed by atoms with E-state index in [4.69, 9.17) is 16.5 Å². The maximum Gasteiger partial charge on any atom is 0.332 e. The minimum atomic E-state index is -1.88. The number of aliphatic carboxylic acids is 1. The topological polar surface area (TPSA) is 74.2 Å². The molecule has 0 aromatic rings. The molecule has 0 aromatic carbocycles. The molecule has 1 aliphatic heterocycles. The second kappa shape index (κ2) is 9.03. The number of hydrogen-bond donors (Lipinski definition) is 1. The number of hydrogen-bond acceptors (Lipinski definition) is 5. The van der Waals surface area contributed by atoms with E-state index in [9.17, 15) is 9.90 Å². The second-order valence-electron chi connectivity index (χ2n) is 8.13. The first kappa shape index (κ1) is 22.0. The van der Waals surface area contributed by atoms with E-state index < -0.39 is 45.3 Å². The Kier molecular flexibility index (Phi) is 8.26. The third-order valence-corrected chi connectivity index (χ3v) is 12.0. The van der Waals surface area contributed by atoms with E-state index in [1.54, 1.807) is 0 Å². The molecule has 1 atom stereocenters. The van der Waals surface area contributed by atoms with Gasteiger partial charge in [0, 0.05) is 10.6 Å². The van der Waals surface area contributed by atoms with Gasteiger partial charge < -0.3 is 21.6 Å². The van der Waals surface area contributed by atoms with Gasteiger partial charge in [0.2, 0.25) is 0 Å². The molecule has 24 heavy (non-hydrogen) atoms. The summed E-state index contributed by atoms with van der Waals surface area (Å²) < 4.78 is 23.0. The van der Waals surface area contributed by atoms with Gasteiger partial charge in [0.1, 0.15) is 0 Å². The molecule has 1 fully saturated rings. The molecule has 0 aliphatic carbocycles. The van der Waals surface area contributed by atoms with Crippen molar-refractivity contribution in [3.63, 3.8) is 0 Å². The Balaban J connectivity index is 2.93. The van der Waals surface area contributed by atoms with Gasteiger partial charge in [-0.15, -0.1) is 0 Å². The number of rotatable bonds is 5. The molecule has 0 spiro atoms. The lowest BCUT2D eigenvalue weighted by Gasteiger charge is -2.36. The first-order valence-corrected chi connectivity index (χ1v) is 13.3. The fourth-order valence-electron chi connectivity index (χ4n) is 3.21. The third-order valence-electron chi connectivity index (χ3n) is 4.34. The lowest BCUT2D eigenvalue weighted by molar-refractivity contribution is -0.133. The molecule has 1 saturated heterocycles. The largest absolute Gasteiger partial charge is 0.478 e. The number of carbonyl (C=O) groups is 1. The highest BCUT2D eigenvalue weighted by Gasteiger charge is 2.37. The molecular formula is C14H32O6Si4. The quantitative estimate of drug-likeness (QED) is 0.528. The van der Waals surface area contributed by atoms with Crippen molar-refractivity contribution in [2.75, 3.05) is 0 Å². The first-order valence-electron chi connectivity index (χ1n) is 8.30. The van der Waals surface area contributed by atoms with Crippen LogP contribution in [0.2, 0.25) is 5.04 Å². The summed E-state index contributed by atoms with van der Waals surface area (Å²) in [5, 5.41) is 9.52. The summed E-state index contributed by atoms with van der Waals surface area (Å²) in [5.41, 5.74) is 1.07. The van der Waals surface area contributed by atoms with Crippen LogP contribution in [-0.4, -0.2) is 50.4 Å². The van der Waals surface area contributed by atoms with Gasteiger partial charge in [0.25, 0.3) is 30.0 Å². The lowest BCUT2D eigenvalue weighted by atomic mass is 9.79. The summed E-state index contributed by atoms with van der Waals surface area (Å²) in [7, 11) is -4.72. The van der Waals surface area contributed by atoms with E-state index >= 15 is 0 Å². The van der Waals surface area contributed by atoms with E-state index in [1.165, 1.54) is 0 Å². The van der Waals surface area contributed by atoms with Crippen LogP contribution in [0.15, 0.2) is 11.1 Å².